The molecule has 3 rings (SSSR count). The van der Waals surface area contributed by atoms with E-state index in [9.17, 15) is 0 Å². The van der Waals surface area contributed by atoms with Crippen molar-refractivity contribution in [3.63, 3.8) is 0 Å². The summed E-state index contributed by atoms with van der Waals surface area (Å²) in [6, 6.07) is 7.66. The van der Waals surface area contributed by atoms with Crippen LogP contribution in [0.4, 0.5) is 5.69 Å². The molecule has 0 fully saturated rings. The van der Waals surface area contributed by atoms with Gasteiger partial charge in [-0.3, -0.25) is 4.68 Å². The quantitative estimate of drug-likeness (QED) is 0.704. The van der Waals surface area contributed by atoms with Crippen LogP contribution in [0.5, 0.6) is 0 Å². The van der Waals surface area contributed by atoms with E-state index in [-0.39, 0.29) is 0 Å². The predicted octanol–water partition coefficient (Wildman–Crippen LogP) is 1.65. The molecule has 0 amide bonds. The molecule has 1 aromatic carbocycles. The van der Waals surface area contributed by atoms with E-state index in [1.54, 1.807) is 17.1 Å². The van der Waals surface area contributed by atoms with Gasteiger partial charge in [-0.25, -0.2) is 4.98 Å². The Bertz CT molecular complexity index is 592. The van der Waals surface area contributed by atoms with Crippen LogP contribution in [-0.4, -0.2) is 14.8 Å². The number of nitrogen functional groups attached to an aromatic ring is 1. The molecule has 0 aliphatic rings. The number of nitrogens with zero attached hydrogens (tertiary/aromatic N) is 3. The molecule has 0 saturated carbocycles. The standard InChI is InChI=1S/C11H10N4O/c12-8-5-13-15(6-8)7-11-14-9-3-1-2-4-10(9)16-11/h1-6H,7,12H2. The molecule has 80 valence electrons. The fourth-order valence-electron chi connectivity index (χ4n) is 1.59. The Morgan fingerprint density at radius 1 is 1.31 bits per heavy atom. The van der Waals surface area contributed by atoms with Gasteiger partial charge in [0, 0.05) is 6.20 Å². The lowest BCUT2D eigenvalue weighted by Gasteiger charge is -1.94. The molecule has 0 aliphatic carbocycles. The van der Waals surface area contributed by atoms with Crippen LogP contribution in [-0.2, 0) is 6.54 Å². The fraction of sp³-hybridized carbons (Fsp3) is 0.0909. The normalized spacial score (nSPS) is 11.0. The van der Waals surface area contributed by atoms with Crippen LogP contribution in [0.15, 0.2) is 41.1 Å². The van der Waals surface area contributed by atoms with E-state index in [1.807, 2.05) is 24.3 Å². The minimum absolute atomic E-state index is 0.492. The molecule has 3 aromatic rings. The first-order valence-corrected chi connectivity index (χ1v) is 4.94. The van der Waals surface area contributed by atoms with Gasteiger partial charge in [0.2, 0.25) is 5.89 Å². The molecule has 0 saturated heterocycles. The third kappa shape index (κ3) is 1.52. The number of aromatic nitrogens is 3. The number of hydrogen-bond acceptors (Lipinski definition) is 4. The smallest absolute Gasteiger partial charge is 0.217 e. The summed E-state index contributed by atoms with van der Waals surface area (Å²) in [6.45, 7) is 0.492. The first-order chi connectivity index (χ1) is 7.81. The molecule has 0 aliphatic heterocycles. The maximum absolute atomic E-state index is 5.57. The van der Waals surface area contributed by atoms with Crippen molar-refractivity contribution in [1.29, 1.82) is 0 Å². The number of hydrogen-bond donors (Lipinski definition) is 1. The topological polar surface area (TPSA) is 69.9 Å². The molecular formula is C11H10N4O. The summed E-state index contributed by atoms with van der Waals surface area (Å²) in [4.78, 5) is 4.35. The Morgan fingerprint density at radius 2 is 2.19 bits per heavy atom. The summed E-state index contributed by atoms with van der Waals surface area (Å²) < 4.78 is 7.26. The van der Waals surface area contributed by atoms with Crippen molar-refractivity contribution in [3.05, 3.63) is 42.5 Å². The molecule has 5 nitrogen and oxygen atoms in total. The first kappa shape index (κ1) is 8.96. The van der Waals surface area contributed by atoms with Crippen molar-refractivity contribution in [2.24, 2.45) is 0 Å². The van der Waals surface area contributed by atoms with Gasteiger partial charge in [0.1, 0.15) is 12.1 Å². The van der Waals surface area contributed by atoms with Crippen molar-refractivity contribution in [2.45, 2.75) is 6.54 Å². The minimum Gasteiger partial charge on any atom is -0.439 e. The number of para-hydroxylation sites is 2. The average Bonchev–Trinajstić information content (AvgIpc) is 2.84. The second-order valence-corrected chi connectivity index (χ2v) is 3.55. The van der Waals surface area contributed by atoms with Gasteiger partial charge in [0.25, 0.3) is 0 Å². The molecule has 2 N–H and O–H groups in total. The van der Waals surface area contributed by atoms with E-state index < -0.39 is 0 Å². The third-order valence-electron chi connectivity index (χ3n) is 2.29. The van der Waals surface area contributed by atoms with Crippen LogP contribution in [0.2, 0.25) is 0 Å². The number of benzene rings is 1. The number of nitrogens with two attached hydrogens (primary N) is 1. The molecule has 0 unspecified atom stereocenters. The summed E-state index contributed by atoms with van der Waals surface area (Å²) in [5.74, 6) is 0.629. The summed E-state index contributed by atoms with van der Waals surface area (Å²) in [7, 11) is 0. The zero-order chi connectivity index (χ0) is 11.0. The van der Waals surface area contributed by atoms with Gasteiger partial charge in [0.15, 0.2) is 5.58 Å². The predicted molar refractivity (Wildman–Crippen MR) is 59.8 cm³/mol. The van der Waals surface area contributed by atoms with Crippen LogP contribution in [0, 0.1) is 0 Å². The SMILES string of the molecule is Nc1cnn(Cc2nc3ccccc3o2)c1. The van der Waals surface area contributed by atoms with Gasteiger partial charge < -0.3 is 10.2 Å². The maximum Gasteiger partial charge on any atom is 0.217 e. The molecule has 0 atom stereocenters. The Labute approximate surface area is 91.5 Å². The molecule has 0 bridgehead atoms. The lowest BCUT2D eigenvalue weighted by Crippen LogP contribution is -1.99. The molecular weight excluding hydrogens is 204 g/mol. The van der Waals surface area contributed by atoms with Crippen molar-refractivity contribution in [3.8, 4) is 0 Å². The third-order valence-corrected chi connectivity index (χ3v) is 2.29. The van der Waals surface area contributed by atoms with Gasteiger partial charge >= 0.3 is 0 Å². The highest BCUT2D eigenvalue weighted by Gasteiger charge is 2.05. The zero-order valence-corrected chi connectivity index (χ0v) is 8.50. The number of oxazole rings is 1. The molecule has 0 radical (unpaired) electrons. The van der Waals surface area contributed by atoms with Crippen LogP contribution in [0.25, 0.3) is 11.1 Å². The summed E-state index contributed by atoms with van der Waals surface area (Å²) in [5.41, 5.74) is 7.86. The van der Waals surface area contributed by atoms with Gasteiger partial charge in [-0.15, -0.1) is 0 Å². The van der Waals surface area contributed by atoms with Crippen molar-refractivity contribution < 1.29 is 4.42 Å². The van der Waals surface area contributed by atoms with Gasteiger partial charge in [-0.2, -0.15) is 5.10 Å². The molecule has 0 spiro atoms. The van der Waals surface area contributed by atoms with E-state index in [1.165, 1.54) is 0 Å². The van der Waals surface area contributed by atoms with Gasteiger partial charge in [0.05, 0.1) is 11.9 Å². The summed E-state index contributed by atoms with van der Waals surface area (Å²) in [6.07, 6.45) is 3.34. The van der Waals surface area contributed by atoms with E-state index in [0.29, 0.717) is 18.1 Å². The van der Waals surface area contributed by atoms with Crippen LogP contribution >= 0.6 is 0 Å². The van der Waals surface area contributed by atoms with Crippen LogP contribution < -0.4 is 5.73 Å². The van der Waals surface area contributed by atoms with E-state index in [0.717, 1.165) is 11.1 Å². The minimum atomic E-state index is 0.492. The monoisotopic (exact) mass is 214 g/mol. The van der Waals surface area contributed by atoms with Crippen molar-refractivity contribution in [1.82, 2.24) is 14.8 Å². The highest BCUT2D eigenvalue weighted by atomic mass is 16.3. The van der Waals surface area contributed by atoms with Gasteiger partial charge in [-0.1, -0.05) is 12.1 Å². The lowest BCUT2D eigenvalue weighted by atomic mass is 10.3. The van der Waals surface area contributed by atoms with Crippen LogP contribution in [0.1, 0.15) is 5.89 Å². The van der Waals surface area contributed by atoms with Gasteiger partial charge in [-0.05, 0) is 12.1 Å². The summed E-state index contributed by atoms with van der Waals surface area (Å²) in [5, 5.41) is 4.07. The molecule has 16 heavy (non-hydrogen) atoms. The fourth-order valence-corrected chi connectivity index (χ4v) is 1.59. The van der Waals surface area contributed by atoms with Crippen molar-refractivity contribution >= 4 is 16.8 Å². The zero-order valence-electron chi connectivity index (χ0n) is 8.50. The van der Waals surface area contributed by atoms with E-state index in [2.05, 4.69) is 10.1 Å². The average molecular weight is 214 g/mol. The Hall–Kier alpha value is -2.30. The molecule has 5 heteroatoms. The summed E-state index contributed by atoms with van der Waals surface area (Å²) >= 11 is 0. The molecule has 2 heterocycles. The maximum atomic E-state index is 5.57. The number of rotatable bonds is 2. The van der Waals surface area contributed by atoms with E-state index >= 15 is 0 Å². The Morgan fingerprint density at radius 3 is 2.94 bits per heavy atom. The second-order valence-electron chi connectivity index (χ2n) is 3.55. The Kier molecular flexibility index (Phi) is 1.89. The largest absolute Gasteiger partial charge is 0.439 e. The number of anilines is 1. The van der Waals surface area contributed by atoms with E-state index in [4.69, 9.17) is 10.2 Å². The number of fused-ring (bicyclic) bond motifs is 1. The van der Waals surface area contributed by atoms with Crippen molar-refractivity contribution in [2.75, 3.05) is 5.73 Å². The highest BCUT2D eigenvalue weighted by molar-refractivity contribution is 5.72. The van der Waals surface area contributed by atoms with Crippen LogP contribution in [0.3, 0.4) is 0 Å². The first-order valence-electron chi connectivity index (χ1n) is 4.94. The Balaban J connectivity index is 1.95. The second kappa shape index (κ2) is 3.37. The lowest BCUT2D eigenvalue weighted by molar-refractivity contribution is 0.492. The highest BCUT2D eigenvalue weighted by Crippen LogP contribution is 2.15. The molecule has 2 aromatic heterocycles.